The Morgan fingerprint density at radius 2 is 2.10 bits per heavy atom. The number of nitrogens with zero attached hydrogens (tertiary/aromatic N) is 2. The van der Waals surface area contributed by atoms with Crippen LogP contribution in [-0.4, -0.2) is 30.6 Å². The predicted molar refractivity (Wildman–Crippen MR) is 81.5 cm³/mol. The highest BCUT2D eigenvalue weighted by Gasteiger charge is 2.36. The topological polar surface area (TPSA) is 87.2 Å². The van der Waals surface area contributed by atoms with E-state index in [1.54, 1.807) is 6.20 Å². The minimum absolute atomic E-state index is 0.00307. The van der Waals surface area contributed by atoms with Crippen molar-refractivity contribution in [2.24, 2.45) is 10.6 Å². The highest BCUT2D eigenvalue weighted by atomic mass is 32.2. The number of ether oxygens (including phenoxy) is 1. The first-order valence-electron chi connectivity index (χ1n) is 7.58. The van der Waals surface area contributed by atoms with Gasteiger partial charge in [-0.1, -0.05) is 26.2 Å². The largest absolute Gasteiger partial charge is 0.490 e. The van der Waals surface area contributed by atoms with E-state index in [4.69, 9.17) is 9.88 Å². The van der Waals surface area contributed by atoms with Crippen LogP contribution in [0.15, 0.2) is 12.4 Å². The van der Waals surface area contributed by atoms with E-state index in [0.29, 0.717) is 12.4 Å². The van der Waals surface area contributed by atoms with E-state index < -0.39 is 10.0 Å². The van der Waals surface area contributed by atoms with Gasteiger partial charge < -0.3 is 4.74 Å². The first kappa shape index (κ1) is 16.3. The molecule has 1 fully saturated rings. The Morgan fingerprint density at radius 3 is 2.71 bits per heavy atom. The van der Waals surface area contributed by atoms with Crippen LogP contribution in [0.25, 0.3) is 0 Å². The normalized spacial score (nSPS) is 18.6. The number of aromatic nitrogens is 2. The van der Waals surface area contributed by atoms with Gasteiger partial charge in [0.1, 0.15) is 0 Å². The average molecular weight is 315 g/mol. The monoisotopic (exact) mass is 315 g/mol. The molecule has 0 spiro atoms. The molecule has 2 rings (SSSR count). The summed E-state index contributed by atoms with van der Waals surface area (Å²) < 4.78 is 30.7. The van der Waals surface area contributed by atoms with E-state index in [0.717, 1.165) is 45.1 Å². The van der Waals surface area contributed by atoms with Gasteiger partial charge in [-0.15, -0.1) is 0 Å². The van der Waals surface area contributed by atoms with E-state index in [2.05, 4.69) is 12.0 Å². The number of rotatable bonds is 7. The summed E-state index contributed by atoms with van der Waals surface area (Å²) in [6.45, 7) is 3.33. The second-order valence-corrected chi connectivity index (χ2v) is 7.71. The van der Waals surface area contributed by atoms with Crippen molar-refractivity contribution in [3.63, 3.8) is 0 Å². The maximum atomic E-state index is 11.5. The number of primary sulfonamides is 1. The van der Waals surface area contributed by atoms with Gasteiger partial charge in [-0.25, -0.2) is 13.6 Å². The third kappa shape index (κ3) is 5.00. The number of nitrogens with two attached hydrogens (primary N) is 1. The van der Waals surface area contributed by atoms with Crippen molar-refractivity contribution in [2.45, 2.75) is 52.0 Å². The van der Waals surface area contributed by atoms with Crippen LogP contribution in [-0.2, 0) is 16.6 Å². The van der Waals surface area contributed by atoms with Crippen LogP contribution in [0.3, 0.4) is 0 Å². The number of hydrogen-bond donors (Lipinski definition) is 1. The van der Waals surface area contributed by atoms with E-state index in [9.17, 15) is 8.42 Å². The molecule has 1 heterocycles. The molecular formula is C14H25N3O3S. The van der Waals surface area contributed by atoms with Crippen molar-refractivity contribution in [2.75, 3.05) is 12.4 Å². The summed E-state index contributed by atoms with van der Waals surface area (Å²) in [4.78, 5) is 0. The fourth-order valence-corrected chi connectivity index (χ4v) is 4.29. The summed E-state index contributed by atoms with van der Waals surface area (Å²) in [5.74, 6) is 0.700. The maximum absolute atomic E-state index is 11.5. The van der Waals surface area contributed by atoms with Crippen LogP contribution in [0, 0.1) is 5.41 Å². The molecule has 1 aromatic heterocycles. The lowest BCUT2D eigenvalue weighted by Gasteiger charge is -2.35. The lowest BCUT2D eigenvalue weighted by Crippen LogP contribution is -2.40. The summed E-state index contributed by atoms with van der Waals surface area (Å²) in [5, 5.41) is 9.48. The Kier molecular flexibility index (Phi) is 5.27. The molecule has 0 unspecified atom stereocenters. The van der Waals surface area contributed by atoms with E-state index >= 15 is 0 Å². The zero-order valence-electron chi connectivity index (χ0n) is 12.6. The first-order valence-corrected chi connectivity index (χ1v) is 9.30. The molecular weight excluding hydrogens is 290 g/mol. The standard InChI is InChI=1S/C14H25N3O3S/c1-2-8-17-10-13(9-16-17)20-11-14(12-21(15,18)19)6-4-3-5-7-14/h9-10H,2-8,11-12H2,1H3,(H2,15,18,19). The molecule has 0 aliphatic heterocycles. The highest BCUT2D eigenvalue weighted by molar-refractivity contribution is 7.89. The molecule has 21 heavy (non-hydrogen) atoms. The Hall–Kier alpha value is -1.08. The Balaban J connectivity index is 2.01. The van der Waals surface area contributed by atoms with Crippen LogP contribution < -0.4 is 9.88 Å². The summed E-state index contributed by atoms with van der Waals surface area (Å²) >= 11 is 0. The minimum atomic E-state index is -3.49. The van der Waals surface area contributed by atoms with Crippen LogP contribution in [0.1, 0.15) is 45.4 Å². The van der Waals surface area contributed by atoms with Gasteiger partial charge in [0, 0.05) is 12.0 Å². The molecule has 6 nitrogen and oxygen atoms in total. The van der Waals surface area contributed by atoms with Crippen molar-refractivity contribution in [1.82, 2.24) is 9.78 Å². The van der Waals surface area contributed by atoms with E-state index in [1.807, 2.05) is 10.9 Å². The maximum Gasteiger partial charge on any atom is 0.209 e. The molecule has 0 radical (unpaired) electrons. The molecule has 0 amide bonds. The van der Waals surface area contributed by atoms with Gasteiger partial charge in [0.15, 0.2) is 5.75 Å². The average Bonchev–Trinajstić information content (AvgIpc) is 2.84. The third-order valence-corrected chi connectivity index (χ3v) is 5.04. The fourth-order valence-electron chi connectivity index (χ4n) is 3.07. The number of aryl methyl sites for hydroxylation is 1. The quantitative estimate of drug-likeness (QED) is 0.832. The van der Waals surface area contributed by atoms with Crippen LogP contribution in [0.4, 0.5) is 0 Å². The second-order valence-electron chi connectivity index (χ2n) is 6.10. The number of sulfonamides is 1. The van der Waals surface area contributed by atoms with Crippen molar-refractivity contribution in [3.8, 4) is 5.75 Å². The van der Waals surface area contributed by atoms with Gasteiger partial charge in [0.05, 0.1) is 24.8 Å². The molecule has 7 heteroatoms. The molecule has 0 aromatic carbocycles. The Morgan fingerprint density at radius 1 is 1.38 bits per heavy atom. The van der Waals surface area contributed by atoms with Crippen LogP contribution in [0.2, 0.25) is 0 Å². The van der Waals surface area contributed by atoms with Gasteiger partial charge in [0.25, 0.3) is 0 Å². The molecule has 2 N–H and O–H groups in total. The first-order chi connectivity index (χ1) is 9.92. The molecule has 0 bridgehead atoms. The van der Waals surface area contributed by atoms with Crippen LogP contribution >= 0.6 is 0 Å². The van der Waals surface area contributed by atoms with Crippen molar-refractivity contribution in [3.05, 3.63) is 12.4 Å². The van der Waals surface area contributed by atoms with Gasteiger partial charge in [0.2, 0.25) is 10.0 Å². The van der Waals surface area contributed by atoms with Gasteiger partial charge >= 0.3 is 0 Å². The molecule has 0 atom stereocenters. The molecule has 0 saturated heterocycles. The van der Waals surface area contributed by atoms with Gasteiger partial charge in [-0.2, -0.15) is 5.10 Å². The van der Waals surface area contributed by atoms with Gasteiger partial charge in [-0.05, 0) is 19.3 Å². The third-order valence-electron chi connectivity index (χ3n) is 4.03. The van der Waals surface area contributed by atoms with E-state index in [1.165, 1.54) is 0 Å². The SMILES string of the molecule is CCCn1cc(OCC2(CS(N)(=O)=O)CCCCC2)cn1. The van der Waals surface area contributed by atoms with E-state index in [-0.39, 0.29) is 11.2 Å². The summed E-state index contributed by atoms with van der Waals surface area (Å²) in [7, 11) is -3.49. The lowest BCUT2D eigenvalue weighted by atomic mass is 9.76. The van der Waals surface area contributed by atoms with Crippen molar-refractivity contribution in [1.29, 1.82) is 0 Å². The Labute approximate surface area is 126 Å². The zero-order valence-corrected chi connectivity index (χ0v) is 13.4. The number of hydrogen-bond acceptors (Lipinski definition) is 4. The summed E-state index contributed by atoms with van der Waals surface area (Å²) in [6, 6.07) is 0. The molecule has 1 aromatic rings. The predicted octanol–water partition coefficient (Wildman–Crippen LogP) is 1.91. The zero-order chi connectivity index (χ0) is 15.3. The highest BCUT2D eigenvalue weighted by Crippen LogP contribution is 2.37. The fraction of sp³-hybridized carbons (Fsp3) is 0.786. The summed E-state index contributed by atoms with van der Waals surface area (Å²) in [5.41, 5.74) is -0.349. The van der Waals surface area contributed by atoms with Crippen LogP contribution in [0.5, 0.6) is 5.75 Å². The second kappa shape index (κ2) is 6.79. The minimum Gasteiger partial charge on any atom is -0.490 e. The van der Waals surface area contributed by atoms with Crippen molar-refractivity contribution >= 4 is 10.0 Å². The molecule has 1 saturated carbocycles. The van der Waals surface area contributed by atoms with Crippen molar-refractivity contribution < 1.29 is 13.2 Å². The molecule has 120 valence electrons. The lowest BCUT2D eigenvalue weighted by molar-refractivity contribution is 0.118. The molecule has 1 aliphatic rings. The molecule has 1 aliphatic carbocycles. The van der Waals surface area contributed by atoms with Gasteiger partial charge in [-0.3, -0.25) is 4.68 Å². The Bertz CT molecular complexity index is 548. The summed E-state index contributed by atoms with van der Waals surface area (Å²) in [6.07, 6.45) is 9.48. The smallest absolute Gasteiger partial charge is 0.209 e.